The van der Waals surface area contributed by atoms with Crippen molar-refractivity contribution in [1.82, 2.24) is 4.72 Å². The standard InChI is InChI=1S/C21H32N2O5S/c24-20-10-9-17-23(20)18-12-14-19(15-13-18)29(27,28)22-16-8-6-4-2-1-3-5-7-11-21(25)26/h12-15,22H,1-11,16-17H2,(H,25,26). The van der Waals surface area contributed by atoms with Crippen molar-refractivity contribution < 1.29 is 23.1 Å². The van der Waals surface area contributed by atoms with E-state index in [-0.39, 0.29) is 17.2 Å². The van der Waals surface area contributed by atoms with Crippen LogP contribution in [0.4, 0.5) is 5.69 Å². The van der Waals surface area contributed by atoms with E-state index < -0.39 is 16.0 Å². The summed E-state index contributed by atoms with van der Waals surface area (Å²) in [6.45, 7) is 1.10. The van der Waals surface area contributed by atoms with Crippen molar-refractivity contribution in [2.24, 2.45) is 0 Å². The Labute approximate surface area is 173 Å². The molecule has 2 N–H and O–H groups in total. The van der Waals surface area contributed by atoms with E-state index >= 15 is 0 Å². The smallest absolute Gasteiger partial charge is 0.303 e. The van der Waals surface area contributed by atoms with Crippen molar-refractivity contribution in [2.75, 3.05) is 18.0 Å². The van der Waals surface area contributed by atoms with Crippen molar-refractivity contribution in [3.8, 4) is 0 Å². The van der Waals surface area contributed by atoms with Crippen molar-refractivity contribution in [1.29, 1.82) is 0 Å². The average molecular weight is 425 g/mol. The maximum absolute atomic E-state index is 12.4. The summed E-state index contributed by atoms with van der Waals surface area (Å²) >= 11 is 0. The highest BCUT2D eigenvalue weighted by atomic mass is 32.2. The summed E-state index contributed by atoms with van der Waals surface area (Å²) in [5.74, 6) is -0.649. The lowest BCUT2D eigenvalue weighted by molar-refractivity contribution is -0.137. The van der Waals surface area contributed by atoms with Gasteiger partial charge in [-0.1, -0.05) is 38.5 Å². The van der Waals surface area contributed by atoms with Crippen molar-refractivity contribution in [3.05, 3.63) is 24.3 Å². The number of rotatable bonds is 14. The number of hydrogen-bond donors (Lipinski definition) is 2. The van der Waals surface area contributed by atoms with Gasteiger partial charge in [-0.25, -0.2) is 13.1 Å². The molecule has 1 saturated heterocycles. The molecule has 1 aromatic rings. The van der Waals surface area contributed by atoms with Gasteiger partial charge in [0.1, 0.15) is 0 Å². The number of unbranched alkanes of at least 4 members (excludes halogenated alkanes) is 7. The molecule has 7 nitrogen and oxygen atoms in total. The number of nitrogens with one attached hydrogen (secondary N) is 1. The number of carboxylic acids is 1. The van der Waals surface area contributed by atoms with E-state index in [1.54, 1.807) is 29.2 Å². The van der Waals surface area contributed by atoms with Crippen LogP contribution in [0.5, 0.6) is 0 Å². The largest absolute Gasteiger partial charge is 0.481 e. The highest BCUT2D eigenvalue weighted by Gasteiger charge is 2.22. The first-order valence-corrected chi connectivity index (χ1v) is 12.0. The van der Waals surface area contributed by atoms with Crippen LogP contribution in [0.15, 0.2) is 29.2 Å². The number of aliphatic carboxylic acids is 1. The van der Waals surface area contributed by atoms with Crippen LogP contribution >= 0.6 is 0 Å². The minimum atomic E-state index is -3.53. The molecule has 1 heterocycles. The number of carboxylic acid groups (broad SMARTS) is 1. The summed E-state index contributed by atoms with van der Waals surface area (Å²) in [5.41, 5.74) is 0.745. The minimum absolute atomic E-state index is 0.0824. The number of amides is 1. The number of nitrogens with zero attached hydrogens (tertiary/aromatic N) is 1. The number of benzene rings is 1. The Hall–Kier alpha value is -1.93. The summed E-state index contributed by atoms with van der Waals surface area (Å²) < 4.78 is 27.4. The molecule has 1 fully saturated rings. The Balaban J connectivity index is 1.60. The predicted octanol–water partition coefficient (Wildman–Crippen LogP) is 3.69. The Kier molecular flexibility index (Phi) is 9.60. The monoisotopic (exact) mass is 424 g/mol. The van der Waals surface area contributed by atoms with Crippen molar-refractivity contribution in [3.63, 3.8) is 0 Å². The summed E-state index contributed by atoms with van der Waals surface area (Å²) in [6.07, 6.45) is 9.39. The third kappa shape index (κ3) is 8.14. The third-order valence-electron chi connectivity index (χ3n) is 5.14. The number of anilines is 1. The molecule has 29 heavy (non-hydrogen) atoms. The van der Waals surface area contributed by atoms with E-state index in [4.69, 9.17) is 5.11 Å². The molecule has 1 aromatic carbocycles. The van der Waals surface area contributed by atoms with Crippen molar-refractivity contribution >= 4 is 27.6 Å². The number of sulfonamides is 1. The summed E-state index contributed by atoms with van der Waals surface area (Å²) in [4.78, 5) is 24.1. The molecular formula is C21H32N2O5S. The quantitative estimate of drug-likeness (QED) is 0.443. The van der Waals surface area contributed by atoms with Gasteiger partial charge in [0.25, 0.3) is 0 Å². The van der Waals surface area contributed by atoms with E-state index in [1.165, 1.54) is 0 Å². The lowest BCUT2D eigenvalue weighted by Crippen LogP contribution is -2.25. The van der Waals surface area contributed by atoms with Crippen LogP contribution in [0.2, 0.25) is 0 Å². The Bertz CT molecular complexity index is 762. The normalized spacial score (nSPS) is 14.5. The second kappa shape index (κ2) is 11.9. The maximum Gasteiger partial charge on any atom is 0.303 e. The van der Waals surface area contributed by atoms with Gasteiger partial charge in [0.05, 0.1) is 4.90 Å². The average Bonchev–Trinajstić information content (AvgIpc) is 3.12. The molecule has 0 unspecified atom stereocenters. The zero-order valence-electron chi connectivity index (χ0n) is 16.9. The molecule has 0 bridgehead atoms. The predicted molar refractivity (Wildman–Crippen MR) is 112 cm³/mol. The molecule has 0 spiro atoms. The molecule has 0 aliphatic carbocycles. The van der Waals surface area contributed by atoms with Gasteiger partial charge in [-0.3, -0.25) is 9.59 Å². The Morgan fingerprint density at radius 1 is 0.966 bits per heavy atom. The molecule has 0 atom stereocenters. The molecule has 162 valence electrons. The van der Waals surface area contributed by atoms with Crippen LogP contribution in [0.1, 0.15) is 70.6 Å². The van der Waals surface area contributed by atoms with E-state index in [2.05, 4.69) is 4.72 Å². The van der Waals surface area contributed by atoms with Crippen LogP contribution in [-0.4, -0.2) is 38.5 Å². The van der Waals surface area contributed by atoms with Crippen LogP contribution in [0.3, 0.4) is 0 Å². The van der Waals surface area contributed by atoms with Crippen LogP contribution in [-0.2, 0) is 19.6 Å². The zero-order chi connectivity index (χ0) is 21.1. The van der Waals surface area contributed by atoms with Gasteiger partial charge in [0.2, 0.25) is 15.9 Å². The summed E-state index contributed by atoms with van der Waals surface area (Å²) in [5, 5.41) is 8.57. The van der Waals surface area contributed by atoms with Crippen LogP contribution in [0, 0.1) is 0 Å². The first kappa shape index (κ1) is 23.3. The number of carbonyl (C=O) groups is 2. The van der Waals surface area contributed by atoms with Gasteiger partial charge >= 0.3 is 5.97 Å². The molecule has 8 heteroatoms. The molecular weight excluding hydrogens is 392 g/mol. The van der Waals surface area contributed by atoms with E-state index in [0.717, 1.165) is 63.5 Å². The summed E-state index contributed by atoms with van der Waals surface area (Å²) in [6, 6.07) is 6.48. The molecule has 1 aliphatic heterocycles. The minimum Gasteiger partial charge on any atom is -0.481 e. The first-order valence-electron chi connectivity index (χ1n) is 10.5. The van der Waals surface area contributed by atoms with Gasteiger partial charge in [-0.2, -0.15) is 0 Å². The highest BCUT2D eigenvalue weighted by Crippen LogP contribution is 2.23. The SMILES string of the molecule is O=C(O)CCCCCCCCCCNS(=O)(=O)c1ccc(N2CCCC2=O)cc1. The zero-order valence-corrected chi connectivity index (χ0v) is 17.8. The van der Waals surface area contributed by atoms with E-state index in [1.807, 2.05) is 0 Å². The van der Waals surface area contributed by atoms with Gasteiger partial charge in [0.15, 0.2) is 0 Å². The molecule has 2 rings (SSSR count). The topological polar surface area (TPSA) is 104 Å². The van der Waals surface area contributed by atoms with Gasteiger partial charge in [0, 0.05) is 31.6 Å². The van der Waals surface area contributed by atoms with Gasteiger partial charge < -0.3 is 10.0 Å². The number of hydrogen-bond acceptors (Lipinski definition) is 4. The van der Waals surface area contributed by atoms with Crippen molar-refractivity contribution in [2.45, 2.75) is 75.5 Å². The fourth-order valence-electron chi connectivity index (χ4n) is 3.48. The second-order valence-corrected chi connectivity index (χ2v) is 9.28. The van der Waals surface area contributed by atoms with E-state index in [9.17, 15) is 18.0 Å². The molecule has 0 saturated carbocycles. The van der Waals surface area contributed by atoms with Gasteiger partial charge in [-0.05, 0) is 43.5 Å². The molecule has 0 radical (unpaired) electrons. The Morgan fingerprint density at radius 2 is 1.55 bits per heavy atom. The van der Waals surface area contributed by atoms with Gasteiger partial charge in [-0.15, -0.1) is 0 Å². The molecule has 0 aromatic heterocycles. The fraction of sp³-hybridized carbons (Fsp3) is 0.619. The lowest BCUT2D eigenvalue weighted by Gasteiger charge is -2.16. The highest BCUT2D eigenvalue weighted by molar-refractivity contribution is 7.89. The van der Waals surface area contributed by atoms with E-state index in [0.29, 0.717) is 19.5 Å². The third-order valence-corrected chi connectivity index (χ3v) is 6.62. The first-order chi connectivity index (χ1) is 13.9. The van der Waals surface area contributed by atoms with Crippen LogP contribution < -0.4 is 9.62 Å². The fourth-order valence-corrected chi connectivity index (χ4v) is 4.55. The second-order valence-electron chi connectivity index (χ2n) is 7.51. The van der Waals surface area contributed by atoms with Crippen LogP contribution in [0.25, 0.3) is 0 Å². The lowest BCUT2D eigenvalue weighted by atomic mass is 10.1. The number of carbonyl (C=O) groups excluding carboxylic acids is 1. The summed E-state index contributed by atoms with van der Waals surface area (Å²) in [7, 11) is -3.53. The molecule has 1 amide bonds. The Morgan fingerprint density at radius 3 is 2.10 bits per heavy atom. The molecule has 1 aliphatic rings. The maximum atomic E-state index is 12.4.